The van der Waals surface area contributed by atoms with Crippen molar-refractivity contribution in [2.75, 3.05) is 0 Å². The highest BCUT2D eigenvalue weighted by molar-refractivity contribution is 7.90. The highest BCUT2D eigenvalue weighted by Crippen LogP contribution is 2.25. The van der Waals surface area contributed by atoms with Crippen molar-refractivity contribution in [1.29, 1.82) is 0 Å². The quantitative estimate of drug-likeness (QED) is 0.920. The van der Waals surface area contributed by atoms with E-state index in [9.17, 15) is 8.42 Å². The summed E-state index contributed by atoms with van der Waals surface area (Å²) < 4.78 is 26.2. The molecule has 0 aliphatic carbocycles. The van der Waals surface area contributed by atoms with E-state index in [4.69, 9.17) is 0 Å². The van der Waals surface area contributed by atoms with Gasteiger partial charge in [0.15, 0.2) is 0 Å². The van der Waals surface area contributed by atoms with Gasteiger partial charge in [-0.3, -0.25) is 0 Å². The zero-order valence-corrected chi connectivity index (χ0v) is 12.6. The van der Waals surface area contributed by atoms with Crippen LogP contribution in [0.15, 0.2) is 41.1 Å². The molecule has 1 aromatic heterocycles. The first-order valence-corrected chi connectivity index (χ1v) is 8.58. The van der Waals surface area contributed by atoms with Crippen molar-refractivity contribution in [2.45, 2.75) is 25.6 Å². The first-order chi connectivity index (χ1) is 9.00. The van der Waals surface area contributed by atoms with E-state index in [-0.39, 0.29) is 0 Å². The summed E-state index contributed by atoms with van der Waals surface area (Å²) in [6.07, 6.45) is 0. The van der Waals surface area contributed by atoms with Gasteiger partial charge in [-0.15, -0.1) is 0 Å². The SMILES string of the molecule is CC(C)S(=O)(=O)NCc1ccccc1-c1ccsc1. The van der Waals surface area contributed by atoms with Crippen LogP contribution in [0.3, 0.4) is 0 Å². The Morgan fingerprint density at radius 2 is 1.95 bits per heavy atom. The molecule has 0 saturated heterocycles. The summed E-state index contributed by atoms with van der Waals surface area (Å²) in [5.74, 6) is 0. The van der Waals surface area contributed by atoms with E-state index in [0.717, 1.165) is 16.7 Å². The molecule has 0 radical (unpaired) electrons. The molecule has 5 heteroatoms. The molecule has 0 bridgehead atoms. The molecule has 0 atom stereocenters. The van der Waals surface area contributed by atoms with E-state index >= 15 is 0 Å². The molecule has 0 fully saturated rings. The first kappa shape index (κ1) is 14.2. The lowest BCUT2D eigenvalue weighted by molar-refractivity contribution is 0.572. The van der Waals surface area contributed by atoms with Gasteiger partial charge in [-0.25, -0.2) is 13.1 Å². The minimum atomic E-state index is -3.23. The standard InChI is InChI=1S/C14H17NO2S2/c1-11(2)19(16,17)15-9-12-5-3-4-6-14(12)13-7-8-18-10-13/h3-8,10-11,15H,9H2,1-2H3. The van der Waals surface area contributed by atoms with Gasteiger partial charge in [0.2, 0.25) is 10.0 Å². The molecule has 2 aromatic rings. The third-order valence-corrected chi connectivity index (χ3v) is 5.41. The van der Waals surface area contributed by atoms with Crippen molar-refractivity contribution in [1.82, 2.24) is 4.72 Å². The molecular weight excluding hydrogens is 278 g/mol. The maximum absolute atomic E-state index is 11.8. The third kappa shape index (κ3) is 3.43. The van der Waals surface area contributed by atoms with Crippen LogP contribution in [-0.2, 0) is 16.6 Å². The van der Waals surface area contributed by atoms with Gasteiger partial charge in [-0.2, -0.15) is 11.3 Å². The molecule has 1 N–H and O–H groups in total. The minimum Gasteiger partial charge on any atom is -0.212 e. The second kappa shape index (κ2) is 5.86. The Morgan fingerprint density at radius 3 is 2.58 bits per heavy atom. The number of hydrogen-bond donors (Lipinski definition) is 1. The van der Waals surface area contributed by atoms with Crippen molar-refractivity contribution < 1.29 is 8.42 Å². The topological polar surface area (TPSA) is 46.2 Å². The van der Waals surface area contributed by atoms with Crippen LogP contribution in [0.4, 0.5) is 0 Å². The first-order valence-electron chi connectivity index (χ1n) is 6.09. The second-order valence-corrected chi connectivity index (χ2v) is 7.69. The molecule has 1 aromatic carbocycles. The number of benzene rings is 1. The van der Waals surface area contributed by atoms with E-state index < -0.39 is 15.3 Å². The highest BCUT2D eigenvalue weighted by Gasteiger charge is 2.15. The average molecular weight is 295 g/mol. The van der Waals surface area contributed by atoms with E-state index in [2.05, 4.69) is 10.1 Å². The Bertz CT molecular complexity index is 631. The van der Waals surface area contributed by atoms with Crippen molar-refractivity contribution in [3.05, 3.63) is 46.7 Å². The highest BCUT2D eigenvalue weighted by atomic mass is 32.2. The summed E-state index contributed by atoms with van der Waals surface area (Å²) in [5.41, 5.74) is 3.20. The van der Waals surface area contributed by atoms with E-state index in [1.54, 1.807) is 25.2 Å². The molecule has 0 amide bonds. The van der Waals surface area contributed by atoms with Crippen LogP contribution in [0.25, 0.3) is 11.1 Å². The lowest BCUT2D eigenvalue weighted by Crippen LogP contribution is -2.30. The summed E-state index contributed by atoms with van der Waals surface area (Å²) in [6.45, 7) is 3.67. The predicted octanol–water partition coefficient (Wildman–Crippen LogP) is 3.24. The van der Waals surface area contributed by atoms with E-state index in [1.807, 2.05) is 35.7 Å². The van der Waals surface area contributed by atoms with E-state index in [1.165, 1.54) is 0 Å². The van der Waals surface area contributed by atoms with Crippen LogP contribution < -0.4 is 4.72 Å². The van der Waals surface area contributed by atoms with Crippen molar-refractivity contribution in [3.63, 3.8) is 0 Å². The van der Waals surface area contributed by atoms with Gasteiger partial charge < -0.3 is 0 Å². The zero-order valence-electron chi connectivity index (χ0n) is 11.0. The molecule has 0 aliphatic rings. The molecule has 19 heavy (non-hydrogen) atoms. The minimum absolute atomic E-state index is 0.326. The number of hydrogen-bond acceptors (Lipinski definition) is 3. The fraction of sp³-hybridized carbons (Fsp3) is 0.286. The van der Waals surface area contributed by atoms with Gasteiger partial charge in [0, 0.05) is 6.54 Å². The molecule has 3 nitrogen and oxygen atoms in total. The Hall–Kier alpha value is -1.17. The smallest absolute Gasteiger partial charge is 0.212 e. The predicted molar refractivity (Wildman–Crippen MR) is 80.7 cm³/mol. The van der Waals surface area contributed by atoms with Crippen molar-refractivity contribution in [3.8, 4) is 11.1 Å². The zero-order chi connectivity index (χ0) is 13.9. The molecule has 0 saturated carbocycles. The summed E-state index contributed by atoms with van der Waals surface area (Å²) in [4.78, 5) is 0. The van der Waals surface area contributed by atoms with Crippen molar-refractivity contribution in [2.24, 2.45) is 0 Å². The monoisotopic (exact) mass is 295 g/mol. The molecule has 0 spiro atoms. The number of thiophene rings is 1. The van der Waals surface area contributed by atoms with Crippen LogP contribution in [0.5, 0.6) is 0 Å². The Balaban J connectivity index is 2.23. The average Bonchev–Trinajstić information content (AvgIpc) is 2.90. The van der Waals surface area contributed by atoms with Gasteiger partial charge >= 0.3 is 0 Å². The van der Waals surface area contributed by atoms with Crippen LogP contribution in [0.2, 0.25) is 0 Å². The molecule has 2 rings (SSSR count). The molecule has 0 unspecified atom stereocenters. The third-order valence-electron chi connectivity index (χ3n) is 2.93. The Labute approximate surface area is 118 Å². The second-order valence-electron chi connectivity index (χ2n) is 4.58. The maximum Gasteiger partial charge on any atom is 0.214 e. The van der Waals surface area contributed by atoms with Crippen LogP contribution in [0, 0.1) is 0 Å². The number of nitrogens with one attached hydrogen (secondary N) is 1. The summed E-state index contributed by atoms with van der Waals surface area (Å²) in [6, 6.07) is 9.90. The summed E-state index contributed by atoms with van der Waals surface area (Å²) in [5, 5.41) is 3.67. The van der Waals surface area contributed by atoms with Gasteiger partial charge in [0.1, 0.15) is 0 Å². The molecule has 0 aliphatic heterocycles. The van der Waals surface area contributed by atoms with E-state index in [0.29, 0.717) is 6.54 Å². The normalized spacial score (nSPS) is 11.9. The van der Waals surface area contributed by atoms with Crippen LogP contribution in [0.1, 0.15) is 19.4 Å². The fourth-order valence-electron chi connectivity index (χ4n) is 1.72. The molecular formula is C14H17NO2S2. The Kier molecular flexibility index (Phi) is 4.39. The number of sulfonamides is 1. The van der Waals surface area contributed by atoms with Gasteiger partial charge in [-0.1, -0.05) is 24.3 Å². The number of rotatable bonds is 5. The van der Waals surface area contributed by atoms with Crippen LogP contribution >= 0.6 is 11.3 Å². The van der Waals surface area contributed by atoms with Crippen LogP contribution in [-0.4, -0.2) is 13.7 Å². The summed E-state index contributed by atoms with van der Waals surface area (Å²) >= 11 is 1.63. The largest absolute Gasteiger partial charge is 0.214 e. The lowest BCUT2D eigenvalue weighted by Gasteiger charge is -2.12. The van der Waals surface area contributed by atoms with Gasteiger partial charge in [0.25, 0.3) is 0 Å². The maximum atomic E-state index is 11.8. The van der Waals surface area contributed by atoms with Gasteiger partial charge in [0.05, 0.1) is 5.25 Å². The molecule has 1 heterocycles. The molecule has 102 valence electrons. The van der Waals surface area contributed by atoms with Crippen molar-refractivity contribution >= 4 is 21.4 Å². The lowest BCUT2D eigenvalue weighted by atomic mass is 10.0. The van der Waals surface area contributed by atoms with Gasteiger partial charge in [-0.05, 0) is 47.4 Å². The Morgan fingerprint density at radius 1 is 1.21 bits per heavy atom. The summed E-state index contributed by atoms with van der Waals surface area (Å²) in [7, 11) is -3.23. The fourth-order valence-corrected chi connectivity index (χ4v) is 3.06.